The van der Waals surface area contributed by atoms with Crippen LogP contribution in [0.25, 0.3) is 0 Å². The van der Waals surface area contributed by atoms with E-state index in [0.29, 0.717) is 6.42 Å². The molecule has 0 aromatic rings. The summed E-state index contributed by atoms with van der Waals surface area (Å²) in [4.78, 5) is 0. The summed E-state index contributed by atoms with van der Waals surface area (Å²) in [5, 5.41) is 104. The van der Waals surface area contributed by atoms with Crippen molar-refractivity contribution in [2.45, 2.75) is 154 Å². The Bertz CT molecular complexity index is 1120. The minimum absolute atomic E-state index is 0.0130. The Kier molecular flexibility index (Phi) is 14.5. The van der Waals surface area contributed by atoms with E-state index < -0.39 is 161 Å². The van der Waals surface area contributed by atoms with Crippen LogP contribution in [0, 0.1) is 0 Å². The molecule has 4 saturated heterocycles. The lowest BCUT2D eigenvalue weighted by atomic mass is 9.84. The molecule has 52 heavy (non-hydrogen) atoms. The molecular weight excluding hydrogens is 706 g/mol. The Morgan fingerprint density at radius 1 is 0.442 bits per heavy atom. The first-order valence-electron chi connectivity index (χ1n) is 17.6. The standard InChI is InChI=1S/C29H55N5O18/c30-3-11-23(51-28-20(43)19(42)17(40)13(5-36)47-28)18(41)15(34)27(45-11)50-24-14(6-37)48-29(21(24)44)52-25-16(39)7(31)1-8(32)22(25)49-26-9(33)2-10(38)12(4-35)46-26/h7-29,35-44H,1-6,30-34H2/p+5/t7-,8+,9-,10+,11+,12-,13-,14-,15-,16+,17-,18-,19+,20+,21-,22-,23-,24-,25-,26-,27-,28-,29+/m1/s1. The molecule has 0 unspecified atom stereocenters. The Labute approximate surface area is 297 Å². The molecular formula is C29H60N5O18+5. The van der Waals surface area contributed by atoms with Crippen molar-refractivity contribution in [3.63, 3.8) is 0 Å². The monoisotopic (exact) mass is 766 g/mol. The van der Waals surface area contributed by atoms with Crippen LogP contribution >= 0.6 is 0 Å². The van der Waals surface area contributed by atoms with Gasteiger partial charge in [-0.2, -0.15) is 0 Å². The first-order valence-corrected chi connectivity index (χ1v) is 17.6. The quantitative estimate of drug-likeness (QED) is 0.0876. The second-order valence-electron chi connectivity index (χ2n) is 14.3. The highest BCUT2D eigenvalue weighted by Crippen LogP contribution is 2.34. The van der Waals surface area contributed by atoms with Crippen LogP contribution < -0.4 is 28.7 Å². The summed E-state index contributed by atoms with van der Waals surface area (Å²) in [6.07, 6.45) is -24.2. The van der Waals surface area contributed by atoms with E-state index in [1.54, 1.807) is 0 Å². The summed E-state index contributed by atoms with van der Waals surface area (Å²) in [5.74, 6) is 0. The fourth-order valence-corrected chi connectivity index (χ4v) is 7.44. The number of hydrogen-bond donors (Lipinski definition) is 15. The second-order valence-corrected chi connectivity index (χ2v) is 14.3. The van der Waals surface area contributed by atoms with Gasteiger partial charge >= 0.3 is 0 Å². The lowest BCUT2D eigenvalue weighted by Gasteiger charge is -2.45. The molecule has 1 saturated carbocycles. The van der Waals surface area contributed by atoms with Crippen molar-refractivity contribution in [1.29, 1.82) is 0 Å². The zero-order valence-corrected chi connectivity index (χ0v) is 28.8. The van der Waals surface area contributed by atoms with Gasteiger partial charge in [-0.15, -0.1) is 0 Å². The third kappa shape index (κ3) is 8.57. The summed E-state index contributed by atoms with van der Waals surface area (Å²) in [6.45, 7) is -1.81. The highest BCUT2D eigenvalue weighted by molar-refractivity contribution is 4.98. The molecule has 0 aromatic carbocycles. The Morgan fingerprint density at radius 2 is 0.962 bits per heavy atom. The zero-order valence-electron chi connectivity index (χ0n) is 28.8. The number of aliphatic hydroxyl groups is 10. The van der Waals surface area contributed by atoms with Crippen LogP contribution in [0.5, 0.6) is 0 Å². The van der Waals surface area contributed by atoms with E-state index in [2.05, 4.69) is 28.7 Å². The molecule has 23 heteroatoms. The van der Waals surface area contributed by atoms with E-state index in [4.69, 9.17) is 37.9 Å². The molecule has 0 radical (unpaired) electrons. The van der Waals surface area contributed by atoms with Gasteiger partial charge in [0.2, 0.25) is 12.6 Å². The molecule has 23 atom stereocenters. The Hall–Kier alpha value is -0.920. The summed E-state index contributed by atoms with van der Waals surface area (Å²) in [7, 11) is 0. The summed E-state index contributed by atoms with van der Waals surface area (Å²) >= 11 is 0. The maximum absolute atomic E-state index is 11.4. The van der Waals surface area contributed by atoms with Crippen LogP contribution in [-0.4, -0.2) is 218 Å². The van der Waals surface area contributed by atoms with Crippen molar-refractivity contribution in [3.05, 3.63) is 0 Å². The van der Waals surface area contributed by atoms with Crippen LogP contribution in [0.3, 0.4) is 0 Å². The van der Waals surface area contributed by atoms with E-state index >= 15 is 0 Å². The van der Waals surface area contributed by atoms with Gasteiger partial charge in [-0.05, 0) is 0 Å². The molecule has 5 fully saturated rings. The van der Waals surface area contributed by atoms with Gasteiger partial charge in [-0.25, -0.2) is 0 Å². The molecule has 4 aliphatic heterocycles. The van der Waals surface area contributed by atoms with Crippen molar-refractivity contribution < 1.29 is 118 Å². The normalized spacial score (nSPS) is 53.2. The topological polar surface area (TPSA) is 414 Å². The maximum Gasteiger partial charge on any atom is 0.214 e. The molecule has 5 rings (SSSR count). The van der Waals surface area contributed by atoms with Gasteiger partial charge in [0, 0.05) is 6.42 Å². The smallest absolute Gasteiger partial charge is 0.214 e. The van der Waals surface area contributed by atoms with Gasteiger partial charge in [0.1, 0.15) is 110 Å². The molecule has 304 valence electrons. The average Bonchev–Trinajstić information content (AvgIpc) is 3.41. The summed E-state index contributed by atoms with van der Waals surface area (Å²) < 4.78 is 47.3. The van der Waals surface area contributed by atoms with Crippen molar-refractivity contribution in [2.75, 3.05) is 26.4 Å². The van der Waals surface area contributed by atoms with Crippen molar-refractivity contribution in [2.24, 2.45) is 0 Å². The minimum Gasteiger partial charge on any atom is -0.394 e. The van der Waals surface area contributed by atoms with Gasteiger partial charge in [0.05, 0.1) is 32.3 Å². The average molecular weight is 767 g/mol. The first kappa shape index (κ1) is 42.2. The predicted molar refractivity (Wildman–Crippen MR) is 161 cm³/mol. The number of quaternary nitrogens is 5. The SMILES string of the molecule is [NH3+]C[C@@H]1O[C@H](O[C@H]2[C@@H](O)[C@H](O[C@@H]3[C@@H](O)[C@H]([NH3+])C[C@H]([NH3+])[C@H]3O[C@H]3O[C@H](CO)[C@@H](O)C[C@H]3[NH3+])O[C@@H]2CO)[C@H]([NH3+])[C@@H](O)[C@@H]1O[C@H]1O[C@H](CO)[C@@H](O)[C@H](O)[C@@H]1O. The third-order valence-corrected chi connectivity index (χ3v) is 10.6. The molecule has 0 aromatic heterocycles. The van der Waals surface area contributed by atoms with E-state index in [9.17, 15) is 51.1 Å². The van der Waals surface area contributed by atoms with E-state index in [1.165, 1.54) is 0 Å². The van der Waals surface area contributed by atoms with E-state index in [-0.39, 0.29) is 13.0 Å². The van der Waals surface area contributed by atoms with Crippen molar-refractivity contribution in [1.82, 2.24) is 0 Å². The third-order valence-electron chi connectivity index (χ3n) is 10.6. The van der Waals surface area contributed by atoms with Gasteiger partial charge in [0.15, 0.2) is 18.6 Å². The van der Waals surface area contributed by atoms with Crippen molar-refractivity contribution >= 4 is 0 Å². The highest BCUT2D eigenvalue weighted by Gasteiger charge is 2.57. The van der Waals surface area contributed by atoms with Crippen LogP contribution in [0.15, 0.2) is 0 Å². The molecule has 23 nitrogen and oxygen atoms in total. The number of aliphatic hydroxyl groups excluding tert-OH is 10. The van der Waals surface area contributed by atoms with Crippen LogP contribution in [-0.2, 0) is 37.9 Å². The van der Waals surface area contributed by atoms with Gasteiger partial charge in [-0.3, -0.25) is 0 Å². The summed E-state index contributed by atoms with van der Waals surface area (Å²) in [5.41, 5.74) is 19.9. The fraction of sp³-hybridized carbons (Fsp3) is 1.00. The first-order chi connectivity index (χ1) is 24.6. The van der Waals surface area contributed by atoms with Gasteiger partial charge in [-0.1, -0.05) is 0 Å². The predicted octanol–water partition coefficient (Wildman–Crippen LogP) is -13.6. The molecule has 1 aliphatic carbocycles. The molecule has 0 amide bonds. The number of hydrogen-bond acceptors (Lipinski definition) is 18. The lowest BCUT2D eigenvalue weighted by Crippen LogP contribution is -2.83. The number of ether oxygens (including phenoxy) is 8. The van der Waals surface area contributed by atoms with Gasteiger partial charge < -0.3 is 118 Å². The highest BCUT2D eigenvalue weighted by atomic mass is 16.8. The Morgan fingerprint density at radius 3 is 1.60 bits per heavy atom. The molecule has 25 N–H and O–H groups in total. The van der Waals surface area contributed by atoms with E-state index in [0.717, 1.165) is 0 Å². The minimum atomic E-state index is -1.74. The Balaban J connectivity index is 1.26. The second kappa shape index (κ2) is 17.9. The van der Waals surface area contributed by atoms with Gasteiger partial charge in [0.25, 0.3) is 0 Å². The van der Waals surface area contributed by atoms with Crippen molar-refractivity contribution in [3.8, 4) is 0 Å². The fourth-order valence-electron chi connectivity index (χ4n) is 7.44. The summed E-state index contributed by atoms with van der Waals surface area (Å²) in [6, 6.07) is -2.71. The number of rotatable bonds is 12. The van der Waals surface area contributed by atoms with Crippen LogP contribution in [0.4, 0.5) is 0 Å². The van der Waals surface area contributed by atoms with Crippen LogP contribution in [0.2, 0.25) is 0 Å². The van der Waals surface area contributed by atoms with E-state index in [1.807, 2.05) is 0 Å². The molecule has 5 aliphatic rings. The largest absolute Gasteiger partial charge is 0.394 e. The molecule has 0 bridgehead atoms. The molecule has 4 heterocycles. The molecule has 0 spiro atoms. The zero-order chi connectivity index (χ0) is 38.2. The lowest BCUT2D eigenvalue weighted by molar-refractivity contribution is -0.527. The van der Waals surface area contributed by atoms with Crippen LogP contribution in [0.1, 0.15) is 12.8 Å². The maximum atomic E-state index is 11.4.